The molecular weight excluding hydrogens is 234 g/mol. The maximum Gasteiger partial charge on any atom is 0.225 e. The van der Waals surface area contributed by atoms with E-state index >= 15 is 0 Å². The van der Waals surface area contributed by atoms with Crippen LogP contribution in [-0.2, 0) is 4.79 Å². The van der Waals surface area contributed by atoms with E-state index in [2.05, 4.69) is 39.8 Å². The first-order valence-corrected chi connectivity index (χ1v) is 7.50. The van der Waals surface area contributed by atoms with Crippen LogP contribution in [-0.4, -0.2) is 23.9 Å². The van der Waals surface area contributed by atoms with Gasteiger partial charge in [-0.3, -0.25) is 4.79 Å². The summed E-state index contributed by atoms with van der Waals surface area (Å²) in [5, 5.41) is 0. The molecule has 19 heavy (non-hydrogen) atoms. The highest BCUT2D eigenvalue weighted by Gasteiger charge is 2.16. The number of nitrogens with zero attached hydrogens (tertiary/aromatic N) is 1. The second-order valence-electron chi connectivity index (χ2n) is 5.56. The van der Waals surface area contributed by atoms with Crippen molar-refractivity contribution in [2.75, 3.05) is 13.1 Å². The topological polar surface area (TPSA) is 20.3 Å². The standard InChI is InChI=1S/C17H31NO/c1-7-16(6)17(19)18(8-2)13-12-15(5)11-9-10-14(3)4/h10,12,16H,7-9,11,13H2,1-6H3. The van der Waals surface area contributed by atoms with Crippen molar-refractivity contribution in [2.24, 2.45) is 5.92 Å². The van der Waals surface area contributed by atoms with Gasteiger partial charge in [0, 0.05) is 19.0 Å². The third-order valence-electron chi connectivity index (χ3n) is 3.48. The van der Waals surface area contributed by atoms with Crippen LogP contribution >= 0.6 is 0 Å². The largest absolute Gasteiger partial charge is 0.339 e. The van der Waals surface area contributed by atoms with Gasteiger partial charge in [-0.1, -0.05) is 37.1 Å². The molecule has 110 valence electrons. The third kappa shape index (κ3) is 7.86. The van der Waals surface area contributed by atoms with Crippen LogP contribution in [0, 0.1) is 5.92 Å². The lowest BCUT2D eigenvalue weighted by atomic mass is 10.1. The van der Waals surface area contributed by atoms with Crippen LogP contribution in [0.25, 0.3) is 0 Å². The molecule has 0 bridgehead atoms. The van der Waals surface area contributed by atoms with Crippen molar-refractivity contribution in [3.05, 3.63) is 23.3 Å². The Morgan fingerprint density at radius 3 is 2.26 bits per heavy atom. The first-order valence-electron chi connectivity index (χ1n) is 7.50. The van der Waals surface area contributed by atoms with Crippen molar-refractivity contribution < 1.29 is 4.79 Å². The Hall–Kier alpha value is -1.05. The summed E-state index contributed by atoms with van der Waals surface area (Å²) < 4.78 is 0. The van der Waals surface area contributed by atoms with Crippen LogP contribution in [0.5, 0.6) is 0 Å². The predicted octanol–water partition coefficient (Wildman–Crippen LogP) is 4.57. The SMILES string of the molecule is CCC(C)C(=O)N(CC)CC=C(C)CCC=C(C)C. The van der Waals surface area contributed by atoms with Crippen molar-refractivity contribution in [3.63, 3.8) is 0 Å². The summed E-state index contributed by atoms with van der Waals surface area (Å²) in [6, 6.07) is 0. The summed E-state index contributed by atoms with van der Waals surface area (Å²) in [7, 11) is 0. The van der Waals surface area contributed by atoms with Crippen LogP contribution in [0.2, 0.25) is 0 Å². The van der Waals surface area contributed by atoms with E-state index in [0.717, 1.165) is 32.4 Å². The molecule has 0 aliphatic carbocycles. The molecule has 2 heteroatoms. The molecular formula is C17H31NO. The summed E-state index contributed by atoms with van der Waals surface area (Å²) >= 11 is 0. The fourth-order valence-electron chi connectivity index (χ4n) is 1.82. The van der Waals surface area contributed by atoms with Crippen molar-refractivity contribution >= 4 is 5.91 Å². The second-order valence-corrected chi connectivity index (χ2v) is 5.56. The minimum Gasteiger partial charge on any atom is -0.339 e. The maximum absolute atomic E-state index is 12.1. The molecule has 0 saturated heterocycles. The maximum atomic E-state index is 12.1. The molecule has 0 aromatic heterocycles. The van der Waals surface area contributed by atoms with Gasteiger partial charge in [-0.05, 0) is 47.0 Å². The van der Waals surface area contributed by atoms with Crippen molar-refractivity contribution in [3.8, 4) is 0 Å². The van der Waals surface area contributed by atoms with Gasteiger partial charge in [-0.2, -0.15) is 0 Å². The molecule has 0 aromatic rings. The molecule has 0 heterocycles. The molecule has 0 saturated carbocycles. The van der Waals surface area contributed by atoms with Gasteiger partial charge in [0.05, 0.1) is 0 Å². The molecule has 1 unspecified atom stereocenters. The molecule has 0 radical (unpaired) electrons. The highest BCUT2D eigenvalue weighted by molar-refractivity contribution is 5.78. The van der Waals surface area contributed by atoms with Gasteiger partial charge in [0.1, 0.15) is 0 Å². The molecule has 0 N–H and O–H groups in total. The number of likely N-dealkylation sites (N-methyl/N-ethyl adjacent to an activating group) is 1. The number of carbonyl (C=O) groups excluding carboxylic acids is 1. The average molecular weight is 265 g/mol. The van der Waals surface area contributed by atoms with Crippen LogP contribution in [0.4, 0.5) is 0 Å². The van der Waals surface area contributed by atoms with E-state index in [0.29, 0.717) is 0 Å². The second kappa shape index (κ2) is 9.82. The molecule has 2 nitrogen and oxygen atoms in total. The Morgan fingerprint density at radius 2 is 1.79 bits per heavy atom. The van der Waals surface area contributed by atoms with Crippen molar-refractivity contribution in [1.82, 2.24) is 4.90 Å². The molecule has 0 aromatic carbocycles. The first-order chi connectivity index (χ1) is 8.92. The van der Waals surface area contributed by atoms with E-state index < -0.39 is 0 Å². The molecule has 0 fully saturated rings. The molecule has 0 aliphatic heterocycles. The Kier molecular flexibility index (Phi) is 9.28. The van der Waals surface area contributed by atoms with Crippen LogP contribution in [0.3, 0.4) is 0 Å². The fraction of sp³-hybridized carbons (Fsp3) is 0.706. The number of amides is 1. The average Bonchev–Trinajstić information content (AvgIpc) is 2.37. The quantitative estimate of drug-likeness (QED) is 0.588. The minimum atomic E-state index is 0.138. The van der Waals surface area contributed by atoms with Gasteiger partial charge in [0.2, 0.25) is 5.91 Å². The molecule has 0 spiro atoms. The smallest absolute Gasteiger partial charge is 0.225 e. The van der Waals surface area contributed by atoms with Crippen molar-refractivity contribution in [2.45, 2.75) is 60.8 Å². The van der Waals surface area contributed by atoms with Gasteiger partial charge in [0.15, 0.2) is 0 Å². The molecule has 1 atom stereocenters. The van der Waals surface area contributed by atoms with Gasteiger partial charge >= 0.3 is 0 Å². The summed E-state index contributed by atoms with van der Waals surface area (Å²) in [6.07, 6.45) is 7.55. The Bertz CT molecular complexity index is 324. The Labute approximate surface area is 119 Å². The number of allylic oxidation sites excluding steroid dienone is 3. The van der Waals surface area contributed by atoms with Crippen LogP contribution in [0.1, 0.15) is 60.8 Å². The van der Waals surface area contributed by atoms with E-state index in [-0.39, 0.29) is 11.8 Å². The summed E-state index contributed by atoms with van der Waals surface area (Å²) in [5.41, 5.74) is 2.74. The zero-order chi connectivity index (χ0) is 14.8. The minimum absolute atomic E-state index is 0.138. The van der Waals surface area contributed by atoms with Gasteiger partial charge in [-0.25, -0.2) is 0 Å². The Balaban J connectivity index is 4.32. The zero-order valence-corrected chi connectivity index (χ0v) is 13.6. The lowest BCUT2D eigenvalue weighted by Gasteiger charge is -2.22. The van der Waals surface area contributed by atoms with Gasteiger partial charge in [-0.15, -0.1) is 0 Å². The summed E-state index contributed by atoms with van der Waals surface area (Å²) in [4.78, 5) is 14.1. The highest BCUT2D eigenvalue weighted by atomic mass is 16.2. The van der Waals surface area contributed by atoms with E-state index in [9.17, 15) is 4.79 Å². The van der Waals surface area contributed by atoms with Crippen LogP contribution in [0.15, 0.2) is 23.3 Å². The van der Waals surface area contributed by atoms with Crippen LogP contribution < -0.4 is 0 Å². The monoisotopic (exact) mass is 265 g/mol. The highest BCUT2D eigenvalue weighted by Crippen LogP contribution is 2.10. The molecule has 0 aliphatic rings. The number of hydrogen-bond acceptors (Lipinski definition) is 1. The lowest BCUT2D eigenvalue weighted by Crippen LogP contribution is -2.35. The number of hydrogen-bond donors (Lipinski definition) is 0. The lowest BCUT2D eigenvalue weighted by molar-refractivity contribution is -0.134. The van der Waals surface area contributed by atoms with E-state index in [1.54, 1.807) is 0 Å². The summed E-state index contributed by atoms with van der Waals surface area (Å²) in [5.74, 6) is 0.415. The normalized spacial score (nSPS) is 13.1. The van der Waals surface area contributed by atoms with E-state index in [1.165, 1.54) is 11.1 Å². The van der Waals surface area contributed by atoms with Crippen molar-refractivity contribution in [1.29, 1.82) is 0 Å². The Morgan fingerprint density at radius 1 is 1.16 bits per heavy atom. The molecule has 0 rings (SSSR count). The first kappa shape index (κ1) is 17.9. The predicted molar refractivity (Wildman–Crippen MR) is 84.1 cm³/mol. The third-order valence-corrected chi connectivity index (χ3v) is 3.48. The summed E-state index contributed by atoms with van der Waals surface area (Å²) in [6.45, 7) is 14.1. The fourth-order valence-corrected chi connectivity index (χ4v) is 1.82. The van der Waals surface area contributed by atoms with E-state index in [1.807, 2.05) is 18.7 Å². The number of carbonyl (C=O) groups is 1. The van der Waals surface area contributed by atoms with E-state index in [4.69, 9.17) is 0 Å². The number of rotatable bonds is 8. The van der Waals surface area contributed by atoms with Gasteiger partial charge in [0.25, 0.3) is 0 Å². The zero-order valence-electron chi connectivity index (χ0n) is 13.6. The van der Waals surface area contributed by atoms with Gasteiger partial charge < -0.3 is 4.90 Å². The molecule has 1 amide bonds.